The average Bonchev–Trinajstić information content (AvgIpc) is 3.10. The molecule has 0 saturated carbocycles. The van der Waals surface area contributed by atoms with Gasteiger partial charge in [0.1, 0.15) is 11.6 Å². The Hall–Kier alpha value is -2.60. The normalized spacial score (nSPS) is 18.7. The van der Waals surface area contributed by atoms with Crippen LogP contribution in [0.5, 0.6) is 5.75 Å². The van der Waals surface area contributed by atoms with Gasteiger partial charge in [0, 0.05) is 26.2 Å². The summed E-state index contributed by atoms with van der Waals surface area (Å²) in [6, 6.07) is 14.1. The molecule has 0 spiro atoms. The van der Waals surface area contributed by atoms with Gasteiger partial charge in [-0.2, -0.15) is 0 Å². The molecule has 1 atom stereocenters. The molecule has 0 aromatic heterocycles. The monoisotopic (exact) mass is 441 g/mol. The molecular weight excluding hydrogens is 405 g/mol. The van der Waals surface area contributed by atoms with E-state index in [2.05, 4.69) is 38.0 Å². The molecule has 1 unspecified atom stereocenters. The number of nitrogens with one attached hydrogen (secondary N) is 1. The number of urea groups is 1. The fourth-order valence-electron chi connectivity index (χ4n) is 4.13. The molecule has 2 aromatic rings. The summed E-state index contributed by atoms with van der Waals surface area (Å²) in [5.74, 6) is 1.04. The molecule has 5 nitrogen and oxygen atoms in total. The Morgan fingerprint density at radius 2 is 1.81 bits per heavy atom. The molecule has 3 rings (SSSR count). The molecule has 0 bridgehead atoms. The van der Waals surface area contributed by atoms with Crippen LogP contribution in [0.1, 0.15) is 38.3 Å². The molecule has 1 N–H and O–H groups in total. The highest BCUT2D eigenvalue weighted by molar-refractivity contribution is 5.74. The van der Waals surface area contributed by atoms with Crippen molar-refractivity contribution in [1.29, 1.82) is 0 Å². The third-order valence-electron chi connectivity index (χ3n) is 5.85. The molecule has 32 heavy (non-hydrogen) atoms. The lowest BCUT2D eigenvalue weighted by molar-refractivity contribution is 0.158. The number of amides is 2. The van der Waals surface area contributed by atoms with E-state index >= 15 is 0 Å². The van der Waals surface area contributed by atoms with Crippen molar-refractivity contribution in [3.8, 4) is 5.75 Å². The quantitative estimate of drug-likeness (QED) is 0.601. The third-order valence-corrected chi connectivity index (χ3v) is 5.85. The molecule has 1 saturated heterocycles. The van der Waals surface area contributed by atoms with E-state index in [1.165, 1.54) is 12.1 Å². The van der Waals surface area contributed by atoms with E-state index < -0.39 is 0 Å². The van der Waals surface area contributed by atoms with Crippen molar-refractivity contribution < 1.29 is 13.9 Å². The molecule has 2 amide bonds. The van der Waals surface area contributed by atoms with E-state index in [0.29, 0.717) is 32.2 Å². The number of hydrogen-bond donors (Lipinski definition) is 1. The summed E-state index contributed by atoms with van der Waals surface area (Å²) >= 11 is 0. The molecule has 1 aliphatic rings. The van der Waals surface area contributed by atoms with Gasteiger partial charge < -0.3 is 19.9 Å². The number of benzene rings is 2. The van der Waals surface area contributed by atoms with Gasteiger partial charge in [0.25, 0.3) is 0 Å². The molecule has 1 fully saturated rings. The fraction of sp³-hybridized carbons (Fsp3) is 0.500. The van der Waals surface area contributed by atoms with Crippen LogP contribution in [0, 0.1) is 17.2 Å². The highest BCUT2D eigenvalue weighted by Gasteiger charge is 2.35. The van der Waals surface area contributed by atoms with Crippen LogP contribution in [0.2, 0.25) is 0 Å². The van der Waals surface area contributed by atoms with Crippen molar-refractivity contribution in [2.45, 2.75) is 40.3 Å². The number of carbonyl (C=O) groups is 1. The van der Waals surface area contributed by atoms with Crippen molar-refractivity contribution in [2.75, 3.05) is 33.3 Å². The first-order valence-corrected chi connectivity index (χ1v) is 11.4. The zero-order chi connectivity index (χ0) is 23.1. The number of likely N-dealkylation sites (tertiary alicyclic amines) is 1. The van der Waals surface area contributed by atoms with Gasteiger partial charge in [0.05, 0.1) is 6.61 Å². The smallest absolute Gasteiger partial charge is 0.317 e. The van der Waals surface area contributed by atoms with E-state index in [9.17, 15) is 9.18 Å². The zero-order valence-corrected chi connectivity index (χ0v) is 19.7. The van der Waals surface area contributed by atoms with Crippen LogP contribution in [0.15, 0.2) is 48.5 Å². The van der Waals surface area contributed by atoms with Crippen molar-refractivity contribution in [3.05, 3.63) is 65.5 Å². The Kier molecular flexibility index (Phi) is 8.13. The van der Waals surface area contributed by atoms with Gasteiger partial charge in [0.2, 0.25) is 0 Å². The van der Waals surface area contributed by atoms with Crippen LogP contribution in [0.25, 0.3) is 0 Å². The van der Waals surface area contributed by atoms with Gasteiger partial charge in [-0.25, -0.2) is 9.18 Å². The molecule has 0 radical (unpaired) electrons. The maximum Gasteiger partial charge on any atom is 0.317 e. The first-order valence-electron chi connectivity index (χ1n) is 11.4. The van der Waals surface area contributed by atoms with Crippen LogP contribution in [0.4, 0.5) is 9.18 Å². The predicted octanol–water partition coefficient (Wildman–Crippen LogP) is 4.91. The second-order valence-corrected chi connectivity index (χ2v) is 9.79. The molecule has 1 heterocycles. The highest BCUT2D eigenvalue weighted by atomic mass is 19.1. The minimum Gasteiger partial charge on any atom is -0.493 e. The fourth-order valence-corrected chi connectivity index (χ4v) is 4.13. The van der Waals surface area contributed by atoms with Gasteiger partial charge in [-0.15, -0.1) is 0 Å². The third kappa shape index (κ3) is 7.23. The minimum absolute atomic E-state index is 0.0432. The van der Waals surface area contributed by atoms with Gasteiger partial charge >= 0.3 is 6.03 Å². The Morgan fingerprint density at radius 1 is 1.16 bits per heavy atom. The maximum atomic E-state index is 13.3. The number of hydrogen-bond acceptors (Lipinski definition) is 3. The SMILES string of the molecule is CC(C)COc1ccc(CNC(=O)N(Cc2ccc(F)cc2)CC2(C)CCN(C)C2)cc1. The number of carbonyl (C=O) groups excluding carboxylic acids is 1. The maximum absolute atomic E-state index is 13.3. The van der Waals surface area contributed by atoms with Gasteiger partial charge in [-0.3, -0.25) is 0 Å². The number of rotatable bonds is 9. The largest absolute Gasteiger partial charge is 0.493 e. The van der Waals surface area contributed by atoms with Crippen LogP contribution >= 0.6 is 0 Å². The van der Waals surface area contributed by atoms with E-state index in [1.54, 1.807) is 12.1 Å². The predicted molar refractivity (Wildman–Crippen MR) is 126 cm³/mol. The van der Waals surface area contributed by atoms with Crippen LogP contribution in [-0.4, -0.2) is 49.1 Å². The van der Waals surface area contributed by atoms with Crippen molar-refractivity contribution in [1.82, 2.24) is 15.1 Å². The lowest BCUT2D eigenvalue weighted by atomic mass is 9.89. The first kappa shape index (κ1) is 24.1. The Morgan fingerprint density at radius 3 is 2.41 bits per heavy atom. The topological polar surface area (TPSA) is 44.8 Å². The summed E-state index contributed by atoms with van der Waals surface area (Å²) in [7, 11) is 2.12. The summed E-state index contributed by atoms with van der Waals surface area (Å²) in [5, 5.41) is 3.06. The minimum atomic E-state index is -0.269. The van der Waals surface area contributed by atoms with E-state index in [1.807, 2.05) is 29.2 Å². The summed E-state index contributed by atoms with van der Waals surface area (Å²) in [6.45, 7) is 10.7. The molecule has 0 aliphatic carbocycles. The summed E-state index contributed by atoms with van der Waals surface area (Å²) < 4.78 is 19.1. The van der Waals surface area contributed by atoms with E-state index in [4.69, 9.17) is 4.74 Å². The second kappa shape index (κ2) is 10.8. The van der Waals surface area contributed by atoms with Gasteiger partial charge in [-0.05, 0) is 66.7 Å². The van der Waals surface area contributed by atoms with Crippen molar-refractivity contribution in [3.63, 3.8) is 0 Å². The highest BCUT2D eigenvalue weighted by Crippen LogP contribution is 2.30. The standard InChI is InChI=1S/C26H36FN3O2/c1-20(2)17-32-24-11-7-21(8-12-24)15-28-25(31)30(16-22-5-9-23(27)10-6-22)19-26(3)13-14-29(4)18-26/h5-12,20H,13-19H2,1-4H3,(H,28,31). The van der Waals surface area contributed by atoms with Gasteiger partial charge in [-0.1, -0.05) is 45.0 Å². The van der Waals surface area contributed by atoms with Crippen molar-refractivity contribution in [2.24, 2.45) is 11.3 Å². The number of ether oxygens (including phenoxy) is 1. The summed E-state index contributed by atoms with van der Waals surface area (Å²) in [6.07, 6.45) is 1.05. The van der Waals surface area contributed by atoms with Crippen LogP contribution < -0.4 is 10.1 Å². The zero-order valence-electron chi connectivity index (χ0n) is 19.7. The van der Waals surface area contributed by atoms with E-state index in [-0.39, 0.29) is 17.3 Å². The molecular formula is C26H36FN3O2. The van der Waals surface area contributed by atoms with Gasteiger partial charge in [0.15, 0.2) is 0 Å². The van der Waals surface area contributed by atoms with Crippen molar-refractivity contribution >= 4 is 6.03 Å². The Balaban J connectivity index is 1.62. The molecule has 2 aromatic carbocycles. The molecule has 1 aliphatic heterocycles. The lowest BCUT2D eigenvalue weighted by Gasteiger charge is -2.32. The average molecular weight is 442 g/mol. The lowest BCUT2D eigenvalue weighted by Crippen LogP contribution is -2.45. The Labute approximate surface area is 191 Å². The van der Waals surface area contributed by atoms with Crippen LogP contribution in [-0.2, 0) is 13.1 Å². The Bertz CT molecular complexity index is 870. The van der Waals surface area contributed by atoms with Crippen LogP contribution in [0.3, 0.4) is 0 Å². The summed E-state index contributed by atoms with van der Waals surface area (Å²) in [5.41, 5.74) is 1.98. The first-order chi connectivity index (χ1) is 15.2. The number of halogens is 1. The number of nitrogens with zero attached hydrogens (tertiary/aromatic N) is 2. The van der Waals surface area contributed by atoms with E-state index in [0.717, 1.165) is 36.4 Å². The molecule has 174 valence electrons. The summed E-state index contributed by atoms with van der Waals surface area (Å²) in [4.78, 5) is 17.3. The second-order valence-electron chi connectivity index (χ2n) is 9.79. The molecule has 6 heteroatoms.